The van der Waals surface area contributed by atoms with E-state index in [0.29, 0.717) is 5.56 Å². The number of nitrogens with one attached hydrogen (secondary N) is 1. The van der Waals surface area contributed by atoms with Crippen LogP contribution in [0.1, 0.15) is 15.9 Å². The van der Waals surface area contributed by atoms with Crippen molar-refractivity contribution in [1.29, 1.82) is 5.41 Å². The minimum Gasteiger partial charge on any atom is -0.467 e. The van der Waals surface area contributed by atoms with E-state index in [2.05, 4.69) is 0 Å². The molecule has 2 aromatic carbocycles. The van der Waals surface area contributed by atoms with Gasteiger partial charge in [0.25, 0.3) is 3.79 Å². The van der Waals surface area contributed by atoms with Crippen molar-refractivity contribution in [2.24, 2.45) is 0 Å². The lowest BCUT2D eigenvalue weighted by atomic mass is 9.97. The van der Waals surface area contributed by atoms with Gasteiger partial charge in [-0.2, -0.15) is 0 Å². The summed E-state index contributed by atoms with van der Waals surface area (Å²) in [5.41, 5.74) is 0.847. The van der Waals surface area contributed by atoms with Gasteiger partial charge in [-0.3, -0.25) is 10.2 Å². The molecule has 3 rings (SSSR count). The highest BCUT2D eigenvalue weighted by molar-refractivity contribution is 6.76. The van der Waals surface area contributed by atoms with Crippen molar-refractivity contribution in [3.63, 3.8) is 0 Å². The van der Waals surface area contributed by atoms with E-state index in [9.17, 15) is 14.4 Å². The van der Waals surface area contributed by atoms with E-state index in [4.69, 9.17) is 80.2 Å². The molecule has 0 unspecified atom stereocenters. The molecule has 1 aliphatic heterocycles. The van der Waals surface area contributed by atoms with Crippen LogP contribution in [0.25, 0.3) is 0 Å². The number of benzene rings is 2. The van der Waals surface area contributed by atoms with E-state index in [0.717, 1.165) is 7.11 Å². The second kappa shape index (κ2) is 14.2. The first-order valence-electron chi connectivity index (χ1n) is 11.3. The topological polar surface area (TPSA) is 130 Å². The molecule has 0 spiro atoms. The number of ether oxygens (including phenoxy) is 6. The summed E-state index contributed by atoms with van der Waals surface area (Å²) in [5, 5.41) is 8.03. The third kappa shape index (κ3) is 8.44. The van der Waals surface area contributed by atoms with Crippen LogP contribution in [0.15, 0.2) is 60.7 Å². The zero-order valence-electron chi connectivity index (χ0n) is 20.3. The van der Waals surface area contributed by atoms with Gasteiger partial charge in [0.2, 0.25) is 12.2 Å². The molecule has 0 aromatic heterocycles. The first-order chi connectivity index (χ1) is 18.5. The second-order valence-corrected chi connectivity index (χ2v) is 10.5. The van der Waals surface area contributed by atoms with Crippen LogP contribution in [0.4, 0.5) is 0 Å². The molecule has 5 atom stereocenters. The van der Waals surface area contributed by atoms with Crippen molar-refractivity contribution >= 4 is 70.2 Å². The highest BCUT2D eigenvalue weighted by atomic mass is 35.6. The Morgan fingerprint density at radius 1 is 0.897 bits per heavy atom. The van der Waals surface area contributed by atoms with E-state index in [1.807, 2.05) is 0 Å². The van der Waals surface area contributed by atoms with Crippen LogP contribution in [-0.2, 0) is 44.6 Å². The number of hydrogen-bond donors (Lipinski definition) is 1. The average Bonchev–Trinajstić information content (AvgIpc) is 2.93. The normalized spacial score (nSPS) is 22.8. The van der Waals surface area contributed by atoms with Crippen LogP contribution >= 0.6 is 46.4 Å². The Bertz CT molecular complexity index is 1150. The maximum absolute atomic E-state index is 13.1. The van der Waals surface area contributed by atoms with Crippen LogP contribution in [0.5, 0.6) is 0 Å². The first kappa shape index (κ1) is 30.9. The van der Waals surface area contributed by atoms with Gasteiger partial charge in [0, 0.05) is 0 Å². The Balaban J connectivity index is 2.06. The number of rotatable bonds is 9. The van der Waals surface area contributed by atoms with Gasteiger partial charge >= 0.3 is 17.9 Å². The number of halogens is 4. The summed E-state index contributed by atoms with van der Waals surface area (Å²) in [4.78, 5) is 38.1. The third-order valence-corrected chi connectivity index (χ3v) is 6.07. The zero-order valence-corrected chi connectivity index (χ0v) is 23.3. The van der Waals surface area contributed by atoms with Gasteiger partial charge in [-0.05, 0) is 17.7 Å². The second-order valence-electron chi connectivity index (χ2n) is 7.98. The van der Waals surface area contributed by atoms with E-state index in [1.54, 1.807) is 48.5 Å². The largest absolute Gasteiger partial charge is 0.467 e. The molecular formula is C25H23Cl4NO9. The lowest BCUT2D eigenvalue weighted by molar-refractivity contribution is -0.287. The summed E-state index contributed by atoms with van der Waals surface area (Å²) in [6.45, 7) is -0.0810. The van der Waals surface area contributed by atoms with E-state index >= 15 is 0 Å². The fourth-order valence-corrected chi connectivity index (χ4v) is 3.75. The molecule has 210 valence electrons. The van der Waals surface area contributed by atoms with Crippen LogP contribution in [0, 0.1) is 5.41 Å². The lowest BCUT2D eigenvalue weighted by Gasteiger charge is -2.43. The average molecular weight is 623 g/mol. The molecular weight excluding hydrogens is 600 g/mol. The molecule has 10 nitrogen and oxygen atoms in total. The van der Waals surface area contributed by atoms with E-state index in [1.165, 1.54) is 12.1 Å². The van der Waals surface area contributed by atoms with Crippen molar-refractivity contribution in [3.8, 4) is 0 Å². The zero-order chi connectivity index (χ0) is 28.6. The minimum atomic E-state index is -2.33. The van der Waals surface area contributed by atoms with Gasteiger partial charge in [-0.1, -0.05) is 83.3 Å². The summed E-state index contributed by atoms with van der Waals surface area (Å²) in [5.74, 6) is -4.22. The number of carbonyl (C=O) groups is 3. The van der Waals surface area contributed by atoms with E-state index in [-0.39, 0.29) is 12.2 Å². The van der Waals surface area contributed by atoms with Crippen molar-refractivity contribution in [2.75, 3.05) is 13.0 Å². The minimum absolute atomic E-state index is 0.0810. The lowest BCUT2D eigenvalue weighted by Crippen LogP contribution is -2.64. The highest BCUT2D eigenvalue weighted by Crippen LogP contribution is 2.34. The smallest absolute Gasteiger partial charge is 0.339 e. The summed E-state index contributed by atoms with van der Waals surface area (Å²) in [7, 11) is 1.08. The number of hydrogen-bond acceptors (Lipinski definition) is 10. The summed E-state index contributed by atoms with van der Waals surface area (Å²) < 4.78 is 30.8. The van der Waals surface area contributed by atoms with Gasteiger partial charge in [0.15, 0.2) is 18.3 Å². The molecule has 0 aliphatic carbocycles. The standard InChI is InChI=1S/C25H23Cl4NO9/c1-34-22(33)19-18(36-16(31)12-26)17(35-13-14-8-4-2-5-9-14)20(23(38-19)39-24(30)25(27,28)29)37-21(32)15-10-6-3-7-11-15/h2-11,17-20,23,30H,12-13H2,1H3/t17-,18-,19-,20+,23+/m0/s1. The summed E-state index contributed by atoms with van der Waals surface area (Å²) >= 11 is 23.0. The predicted octanol–water partition coefficient (Wildman–Crippen LogP) is 4.21. The van der Waals surface area contributed by atoms with Gasteiger partial charge in [0.1, 0.15) is 12.0 Å². The van der Waals surface area contributed by atoms with Gasteiger partial charge < -0.3 is 28.4 Å². The molecule has 0 saturated carbocycles. The number of carbonyl (C=O) groups excluding carboxylic acids is 3. The summed E-state index contributed by atoms with van der Waals surface area (Å²) in [6, 6.07) is 16.8. The van der Waals surface area contributed by atoms with Gasteiger partial charge in [-0.25, -0.2) is 9.59 Å². The van der Waals surface area contributed by atoms with Crippen molar-refractivity contribution in [2.45, 2.75) is 41.1 Å². The first-order valence-corrected chi connectivity index (χ1v) is 12.9. The SMILES string of the molecule is COC(=O)[C@H]1O[C@H](OC(=N)C(Cl)(Cl)Cl)[C@H](OC(=O)c2ccccc2)[C@@H](OCc2ccccc2)[C@@H]1OC(=O)CCl. The Morgan fingerprint density at radius 2 is 1.51 bits per heavy atom. The fourth-order valence-electron chi connectivity index (χ4n) is 3.55. The van der Waals surface area contributed by atoms with Gasteiger partial charge in [-0.15, -0.1) is 11.6 Å². The van der Waals surface area contributed by atoms with Crippen LogP contribution < -0.4 is 0 Å². The fraction of sp³-hybridized carbons (Fsp3) is 0.360. The monoisotopic (exact) mass is 621 g/mol. The molecule has 1 heterocycles. The van der Waals surface area contributed by atoms with Crippen LogP contribution in [0.3, 0.4) is 0 Å². The molecule has 14 heteroatoms. The van der Waals surface area contributed by atoms with Crippen LogP contribution in [-0.4, -0.2) is 71.3 Å². The Kier molecular flexibility index (Phi) is 11.2. The predicted molar refractivity (Wildman–Crippen MR) is 141 cm³/mol. The molecule has 0 radical (unpaired) electrons. The molecule has 0 bridgehead atoms. The molecule has 2 aromatic rings. The number of alkyl halides is 4. The molecule has 0 amide bonds. The Morgan fingerprint density at radius 3 is 2.08 bits per heavy atom. The molecule has 1 N–H and O–H groups in total. The highest BCUT2D eigenvalue weighted by Gasteiger charge is 2.56. The van der Waals surface area contributed by atoms with Gasteiger partial charge in [0.05, 0.1) is 19.3 Å². The molecule has 1 aliphatic rings. The Labute approximate surface area is 243 Å². The van der Waals surface area contributed by atoms with E-state index < -0.39 is 64.2 Å². The summed E-state index contributed by atoms with van der Waals surface area (Å²) in [6.07, 6.45) is -7.89. The number of esters is 3. The van der Waals surface area contributed by atoms with Crippen molar-refractivity contribution in [1.82, 2.24) is 0 Å². The van der Waals surface area contributed by atoms with Crippen molar-refractivity contribution in [3.05, 3.63) is 71.8 Å². The third-order valence-electron chi connectivity index (χ3n) is 5.33. The Hall–Kier alpha value is -2.60. The maximum atomic E-state index is 13.1. The van der Waals surface area contributed by atoms with Crippen molar-refractivity contribution < 1.29 is 42.8 Å². The molecule has 39 heavy (non-hydrogen) atoms. The quantitative estimate of drug-likeness (QED) is 0.144. The maximum Gasteiger partial charge on any atom is 0.339 e. The number of methoxy groups -OCH3 is 1. The van der Waals surface area contributed by atoms with Crippen LogP contribution in [0.2, 0.25) is 0 Å². The molecule has 1 saturated heterocycles. The molecule has 1 fully saturated rings.